The van der Waals surface area contributed by atoms with Crippen LogP contribution in [0.5, 0.6) is 0 Å². The quantitative estimate of drug-likeness (QED) is 0.643. The Morgan fingerprint density at radius 3 is 2.83 bits per heavy atom. The Kier molecular flexibility index (Phi) is 3.76. The van der Waals surface area contributed by atoms with E-state index in [-0.39, 0.29) is 5.78 Å². The van der Waals surface area contributed by atoms with Gasteiger partial charge in [0.2, 0.25) is 0 Å². The molecule has 0 atom stereocenters. The van der Waals surface area contributed by atoms with Gasteiger partial charge < -0.3 is 0 Å². The number of ketones is 1. The van der Waals surface area contributed by atoms with E-state index in [4.69, 9.17) is 0 Å². The fourth-order valence-corrected chi connectivity index (χ4v) is 1.93. The number of halogens is 1. The van der Waals surface area contributed by atoms with Crippen LogP contribution in [0.2, 0.25) is 0 Å². The van der Waals surface area contributed by atoms with Gasteiger partial charge in [-0.2, -0.15) is 10.2 Å². The second kappa shape index (κ2) is 5.30. The van der Waals surface area contributed by atoms with Crippen LogP contribution in [0.4, 0.5) is 0 Å². The number of aromatic nitrogens is 4. The molecule has 0 aliphatic rings. The van der Waals surface area contributed by atoms with Crippen molar-refractivity contribution in [2.24, 2.45) is 7.05 Å². The zero-order chi connectivity index (χ0) is 13.1. The summed E-state index contributed by atoms with van der Waals surface area (Å²) in [6, 6.07) is 0. The SMILES string of the molecule is CCn1cc(Br)c(/C=C/C(=O)c2cnn(C)c2)n1. The van der Waals surface area contributed by atoms with Crippen LogP contribution in [0, 0.1) is 0 Å². The summed E-state index contributed by atoms with van der Waals surface area (Å²) >= 11 is 3.41. The molecular weight excluding hydrogens is 296 g/mol. The van der Waals surface area contributed by atoms with Gasteiger partial charge >= 0.3 is 0 Å². The van der Waals surface area contributed by atoms with Gasteiger partial charge in [-0.15, -0.1) is 0 Å². The highest BCUT2D eigenvalue weighted by Gasteiger charge is 2.06. The van der Waals surface area contributed by atoms with Gasteiger partial charge in [-0.3, -0.25) is 14.2 Å². The number of aryl methyl sites for hydroxylation is 2. The lowest BCUT2D eigenvalue weighted by atomic mass is 10.2. The van der Waals surface area contributed by atoms with E-state index >= 15 is 0 Å². The highest BCUT2D eigenvalue weighted by atomic mass is 79.9. The maximum Gasteiger partial charge on any atom is 0.189 e. The Labute approximate surface area is 113 Å². The lowest BCUT2D eigenvalue weighted by Gasteiger charge is -1.90. The van der Waals surface area contributed by atoms with Crippen molar-refractivity contribution in [2.75, 3.05) is 0 Å². The molecule has 0 bridgehead atoms. The van der Waals surface area contributed by atoms with Crippen LogP contribution in [0.25, 0.3) is 6.08 Å². The highest BCUT2D eigenvalue weighted by molar-refractivity contribution is 9.10. The Balaban J connectivity index is 2.15. The Morgan fingerprint density at radius 2 is 2.28 bits per heavy atom. The maximum absolute atomic E-state index is 11.8. The number of nitrogens with zero attached hydrogens (tertiary/aromatic N) is 4. The molecule has 0 saturated heterocycles. The van der Waals surface area contributed by atoms with Gasteiger partial charge in [-0.25, -0.2) is 0 Å². The third-order valence-corrected chi connectivity index (χ3v) is 3.06. The number of rotatable bonds is 4. The third kappa shape index (κ3) is 2.76. The zero-order valence-electron chi connectivity index (χ0n) is 10.2. The normalized spacial score (nSPS) is 11.3. The molecule has 0 fully saturated rings. The van der Waals surface area contributed by atoms with E-state index in [1.54, 1.807) is 34.9 Å². The lowest BCUT2D eigenvalue weighted by molar-refractivity contribution is 0.104. The molecule has 5 nitrogen and oxygen atoms in total. The van der Waals surface area contributed by atoms with Crippen LogP contribution in [0.1, 0.15) is 23.0 Å². The molecule has 2 aromatic rings. The fraction of sp³-hybridized carbons (Fsp3) is 0.250. The van der Waals surface area contributed by atoms with Crippen molar-refractivity contribution in [1.82, 2.24) is 19.6 Å². The molecule has 0 spiro atoms. The summed E-state index contributed by atoms with van der Waals surface area (Å²) < 4.78 is 4.28. The van der Waals surface area contributed by atoms with Crippen molar-refractivity contribution >= 4 is 27.8 Å². The minimum absolute atomic E-state index is 0.0824. The summed E-state index contributed by atoms with van der Waals surface area (Å²) in [6.45, 7) is 2.80. The molecule has 0 unspecified atom stereocenters. The van der Waals surface area contributed by atoms with Gasteiger partial charge in [0, 0.05) is 26.0 Å². The van der Waals surface area contributed by atoms with Crippen LogP contribution in [0.15, 0.2) is 29.1 Å². The lowest BCUT2D eigenvalue weighted by Crippen LogP contribution is -1.94. The molecule has 0 aliphatic heterocycles. The topological polar surface area (TPSA) is 52.7 Å². The van der Waals surface area contributed by atoms with Crippen molar-refractivity contribution in [3.63, 3.8) is 0 Å². The van der Waals surface area contributed by atoms with E-state index in [2.05, 4.69) is 26.1 Å². The first-order chi connectivity index (χ1) is 8.60. The predicted octanol–water partition coefficient (Wildman–Crippen LogP) is 2.30. The molecule has 18 heavy (non-hydrogen) atoms. The fourth-order valence-electron chi connectivity index (χ4n) is 1.49. The molecular formula is C12H13BrN4O. The van der Waals surface area contributed by atoms with Gasteiger partial charge in [0.1, 0.15) is 0 Å². The highest BCUT2D eigenvalue weighted by Crippen LogP contribution is 2.16. The first kappa shape index (κ1) is 12.8. The first-order valence-electron chi connectivity index (χ1n) is 5.54. The number of hydrogen-bond acceptors (Lipinski definition) is 3. The van der Waals surface area contributed by atoms with Gasteiger partial charge in [0.15, 0.2) is 5.78 Å². The van der Waals surface area contributed by atoms with Gasteiger partial charge in [0.25, 0.3) is 0 Å². The molecule has 0 aliphatic carbocycles. The van der Waals surface area contributed by atoms with E-state index in [9.17, 15) is 4.79 Å². The van der Waals surface area contributed by atoms with Crippen molar-refractivity contribution in [2.45, 2.75) is 13.5 Å². The van der Waals surface area contributed by atoms with E-state index < -0.39 is 0 Å². The maximum atomic E-state index is 11.8. The standard InChI is InChI=1S/C12H13BrN4O/c1-3-17-8-10(13)11(15-17)4-5-12(18)9-6-14-16(2)7-9/h4-8H,3H2,1-2H3/b5-4+. The summed E-state index contributed by atoms with van der Waals surface area (Å²) in [6.07, 6.45) is 8.32. The average Bonchev–Trinajstić information content (AvgIpc) is 2.92. The van der Waals surface area contributed by atoms with Crippen molar-refractivity contribution in [3.05, 3.63) is 40.4 Å². The van der Waals surface area contributed by atoms with Crippen molar-refractivity contribution in [3.8, 4) is 0 Å². The minimum Gasteiger partial charge on any atom is -0.289 e. The molecule has 6 heteroatoms. The van der Waals surface area contributed by atoms with Gasteiger partial charge in [-0.1, -0.05) is 0 Å². The smallest absolute Gasteiger partial charge is 0.189 e. The molecule has 0 N–H and O–H groups in total. The van der Waals surface area contributed by atoms with E-state index in [0.29, 0.717) is 5.56 Å². The van der Waals surface area contributed by atoms with Crippen LogP contribution in [-0.2, 0) is 13.6 Å². The Hall–Kier alpha value is -1.69. The Bertz CT molecular complexity index is 597. The number of allylic oxidation sites excluding steroid dienone is 1. The van der Waals surface area contributed by atoms with Crippen molar-refractivity contribution in [1.29, 1.82) is 0 Å². The van der Waals surface area contributed by atoms with E-state index in [0.717, 1.165) is 16.7 Å². The summed E-state index contributed by atoms with van der Waals surface area (Å²) in [5.74, 6) is -0.0824. The third-order valence-electron chi connectivity index (χ3n) is 2.45. The monoisotopic (exact) mass is 308 g/mol. The number of hydrogen-bond donors (Lipinski definition) is 0. The van der Waals surface area contributed by atoms with Crippen LogP contribution in [0.3, 0.4) is 0 Å². The molecule has 2 aromatic heterocycles. The van der Waals surface area contributed by atoms with E-state index in [1.165, 1.54) is 6.08 Å². The molecule has 2 heterocycles. The molecule has 0 aromatic carbocycles. The average molecular weight is 309 g/mol. The van der Waals surface area contributed by atoms with Gasteiger partial charge in [0.05, 0.1) is 21.9 Å². The minimum atomic E-state index is -0.0824. The zero-order valence-corrected chi connectivity index (χ0v) is 11.8. The number of carbonyl (C=O) groups is 1. The molecule has 94 valence electrons. The largest absolute Gasteiger partial charge is 0.289 e. The molecule has 2 rings (SSSR count). The van der Waals surface area contributed by atoms with Gasteiger partial charge in [-0.05, 0) is 35.0 Å². The molecule has 0 amide bonds. The number of carbonyl (C=O) groups excluding carboxylic acids is 1. The van der Waals surface area contributed by atoms with E-state index in [1.807, 2.05) is 13.1 Å². The summed E-state index contributed by atoms with van der Waals surface area (Å²) in [5, 5.41) is 8.27. The molecule has 0 saturated carbocycles. The van der Waals surface area contributed by atoms with Crippen LogP contribution in [-0.4, -0.2) is 25.3 Å². The summed E-state index contributed by atoms with van der Waals surface area (Å²) in [4.78, 5) is 11.8. The first-order valence-corrected chi connectivity index (χ1v) is 6.33. The Morgan fingerprint density at radius 1 is 1.50 bits per heavy atom. The molecule has 0 radical (unpaired) electrons. The van der Waals surface area contributed by atoms with Crippen LogP contribution < -0.4 is 0 Å². The summed E-state index contributed by atoms with van der Waals surface area (Å²) in [5.41, 5.74) is 1.31. The van der Waals surface area contributed by atoms with Crippen molar-refractivity contribution < 1.29 is 4.79 Å². The summed E-state index contributed by atoms with van der Waals surface area (Å²) in [7, 11) is 1.78. The second-order valence-electron chi connectivity index (χ2n) is 3.82. The van der Waals surface area contributed by atoms with Crippen LogP contribution >= 0.6 is 15.9 Å². The second-order valence-corrected chi connectivity index (χ2v) is 4.67. The predicted molar refractivity (Wildman–Crippen MR) is 72.2 cm³/mol.